The van der Waals surface area contributed by atoms with E-state index in [0.29, 0.717) is 11.9 Å². The summed E-state index contributed by atoms with van der Waals surface area (Å²) in [6.45, 7) is 14.3. The third-order valence-corrected chi connectivity index (χ3v) is 5.31. The summed E-state index contributed by atoms with van der Waals surface area (Å²) in [5.74, 6) is 0.616. The lowest BCUT2D eigenvalue weighted by Crippen LogP contribution is -2.46. The highest BCUT2D eigenvalue weighted by molar-refractivity contribution is 5.33. The van der Waals surface area contributed by atoms with Gasteiger partial charge in [-0.25, -0.2) is 0 Å². The maximum absolute atomic E-state index is 6.01. The Hall–Kier alpha value is -1.07. The molecule has 0 aliphatic heterocycles. The Kier molecular flexibility index (Phi) is 7.53. The van der Waals surface area contributed by atoms with Crippen molar-refractivity contribution in [3.05, 3.63) is 11.8 Å². The summed E-state index contributed by atoms with van der Waals surface area (Å²) in [4.78, 5) is 0. The quantitative estimate of drug-likeness (QED) is 0.577. The van der Waals surface area contributed by atoms with Crippen molar-refractivity contribution in [1.82, 2.24) is 9.78 Å². The number of aromatic nitrogens is 2. The second-order valence-corrected chi connectivity index (χ2v) is 9.02. The second kappa shape index (κ2) is 9.23. The number of hydrogen-bond acceptors (Lipinski definition) is 4. The molecule has 0 bridgehead atoms. The number of anilines is 1. The van der Waals surface area contributed by atoms with Gasteiger partial charge in [0, 0.05) is 35.8 Å². The summed E-state index contributed by atoms with van der Waals surface area (Å²) in [6, 6.07) is 2.42. The molecule has 5 heteroatoms. The van der Waals surface area contributed by atoms with Crippen LogP contribution < -0.4 is 5.73 Å². The van der Waals surface area contributed by atoms with Crippen molar-refractivity contribution in [1.29, 1.82) is 0 Å². The Labute approximate surface area is 159 Å². The molecule has 0 saturated heterocycles. The largest absolute Gasteiger partial charge is 0.382 e. The van der Waals surface area contributed by atoms with Crippen LogP contribution in [0, 0.1) is 5.41 Å². The molecule has 26 heavy (non-hydrogen) atoms. The van der Waals surface area contributed by atoms with Crippen LogP contribution >= 0.6 is 0 Å². The Balaban J connectivity index is 2.00. The first-order valence-corrected chi connectivity index (χ1v) is 10.3. The van der Waals surface area contributed by atoms with Gasteiger partial charge in [0.15, 0.2) is 0 Å². The summed E-state index contributed by atoms with van der Waals surface area (Å²) in [5, 5.41) is 4.60. The Morgan fingerprint density at radius 1 is 1.12 bits per heavy atom. The average Bonchev–Trinajstić information content (AvgIpc) is 2.93. The van der Waals surface area contributed by atoms with Crippen LogP contribution in [0.4, 0.5) is 5.82 Å². The number of rotatable bonds is 11. The molecule has 1 aromatic rings. The third-order valence-electron chi connectivity index (χ3n) is 5.31. The van der Waals surface area contributed by atoms with Crippen LogP contribution in [0.5, 0.6) is 0 Å². The molecule has 1 fully saturated rings. The van der Waals surface area contributed by atoms with Gasteiger partial charge in [-0.15, -0.1) is 0 Å². The fourth-order valence-corrected chi connectivity index (χ4v) is 3.71. The first-order chi connectivity index (χ1) is 12.3. The molecule has 0 spiro atoms. The summed E-state index contributed by atoms with van der Waals surface area (Å²) >= 11 is 0. The summed E-state index contributed by atoms with van der Waals surface area (Å²) < 4.78 is 14.1. The zero-order chi connectivity index (χ0) is 19.2. The molecule has 1 aliphatic rings. The minimum absolute atomic E-state index is 0.0398. The molecule has 0 radical (unpaired) electrons. The molecule has 0 amide bonds. The number of nitrogen functional groups attached to an aromatic ring is 1. The van der Waals surface area contributed by atoms with Crippen molar-refractivity contribution in [3.63, 3.8) is 0 Å². The number of unbranched alkanes of at least 4 members (excludes halogenated alkanes) is 2. The molecule has 2 rings (SSSR count). The van der Waals surface area contributed by atoms with Gasteiger partial charge in [-0.3, -0.25) is 4.68 Å². The highest BCUT2D eigenvalue weighted by Crippen LogP contribution is 2.50. The van der Waals surface area contributed by atoms with E-state index in [1.807, 2.05) is 6.07 Å². The monoisotopic (exact) mass is 365 g/mol. The topological polar surface area (TPSA) is 62.3 Å². The van der Waals surface area contributed by atoms with Gasteiger partial charge < -0.3 is 15.2 Å². The highest BCUT2D eigenvalue weighted by Gasteiger charge is 2.47. The molecule has 1 saturated carbocycles. The van der Waals surface area contributed by atoms with Crippen molar-refractivity contribution in [2.24, 2.45) is 5.41 Å². The fourth-order valence-electron chi connectivity index (χ4n) is 3.71. The van der Waals surface area contributed by atoms with Crippen molar-refractivity contribution in [3.8, 4) is 0 Å². The van der Waals surface area contributed by atoms with E-state index in [2.05, 4.69) is 44.4 Å². The van der Waals surface area contributed by atoms with Crippen LogP contribution in [0.15, 0.2) is 6.07 Å². The first-order valence-electron chi connectivity index (χ1n) is 10.3. The molecule has 2 N–H and O–H groups in total. The Morgan fingerprint density at radius 2 is 1.65 bits per heavy atom. The molecule has 5 nitrogen and oxygen atoms in total. The van der Waals surface area contributed by atoms with Crippen molar-refractivity contribution >= 4 is 5.82 Å². The molecule has 0 unspecified atom stereocenters. The number of nitrogens with two attached hydrogens (primary N) is 1. The van der Waals surface area contributed by atoms with E-state index in [0.717, 1.165) is 52.1 Å². The molecule has 150 valence electrons. The van der Waals surface area contributed by atoms with Crippen LogP contribution in [-0.4, -0.2) is 36.2 Å². The zero-order valence-corrected chi connectivity index (χ0v) is 17.5. The van der Waals surface area contributed by atoms with Gasteiger partial charge in [0.1, 0.15) is 5.82 Å². The van der Waals surface area contributed by atoms with Gasteiger partial charge in [0.2, 0.25) is 0 Å². The predicted octanol–water partition coefficient (Wildman–Crippen LogP) is 4.72. The van der Waals surface area contributed by atoms with E-state index in [4.69, 9.17) is 15.2 Å². The van der Waals surface area contributed by atoms with E-state index in [-0.39, 0.29) is 10.8 Å². The van der Waals surface area contributed by atoms with E-state index in [9.17, 15) is 0 Å². The Bertz CT molecular complexity index is 528. The van der Waals surface area contributed by atoms with Gasteiger partial charge >= 0.3 is 0 Å². The van der Waals surface area contributed by atoms with Crippen LogP contribution in [0.25, 0.3) is 0 Å². The maximum atomic E-state index is 6.01. The van der Waals surface area contributed by atoms with E-state index < -0.39 is 0 Å². The van der Waals surface area contributed by atoms with E-state index in [1.54, 1.807) is 0 Å². The van der Waals surface area contributed by atoms with Crippen molar-refractivity contribution < 1.29 is 9.47 Å². The normalized spacial score (nSPS) is 17.4. The summed E-state index contributed by atoms with van der Waals surface area (Å²) in [6.07, 6.45) is 6.69. The number of ether oxygens (including phenoxy) is 2. The minimum atomic E-state index is 0.0398. The lowest BCUT2D eigenvalue weighted by atomic mass is 9.66. The van der Waals surface area contributed by atoms with Gasteiger partial charge in [-0.1, -0.05) is 47.5 Å². The van der Waals surface area contributed by atoms with E-state index in [1.165, 1.54) is 18.5 Å². The van der Waals surface area contributed by atoms with Gasteiger partial charge in [0.05, 0.1) is 19.3 Å². The van der Waals surface area contributed by atoms with Crippen molar-refractivity contribution in [2.75, 3.05) is 32.2 Å². The molecular formula is C21H39N3O2. The van der Waals surface area contributed by atoms with Crippen LogP contribution in [0.3, 0.4) is 0 Å². The molecule has 1 aromatic heterocycles. The lowest BCUT2D eigenvalue weighted by Gasteiger charge is -2.48. The number of hydrogen-bond donors (Lipinski definition) is 1. The highest BCUT2D eigenvalue weighted by atomic mass is 16.5. The molecule has 1 heterocycles. The average molecular weight is 366 g/mol. The molecule has 0 aromatic carbocycles. The van der Waals surface area contributed by atoms with Crippen LogP contribution in [0.2, 0.25) is 0 Å². The first kappa shape index (κ1) is 21.2. The van der Waals surface area contributed by atoms with Gasteiger partial charge in [-0.2, -0.15) is 5.10 Å². The fraction of sp³-hybridized carbons (Fsp3) is 0.857. The molecule has 0 atom stereocenters. The summed E-state index contributed by atoms with van der Waals surface area (Å²) in [5.41, 5.74) is 7.39. The SMILES string of the molecule is CCCCOCC1(COCCCC)CC(n2nc(N)cc2C(C)(C)C)C1. The predicted molar refractivity (Wildman–Crippen MR) is 107 cm³/mol. The Morgan fingerprint density at radius 3 is 2.12 bits per heavy atom. The number of nitrogens with zero attached hydrogens (tertiary/aromatic N) is 2. The smallest absolute Gasteiger partial charge is 0.145 e. The van der Waals surface area contributed by atoms with Gasteiger partial charge in [-0.05, 0) is 25.7 Å². The minimum Gasteiger partial charge on any atom is -0.382 e. The third kappa shape index (κ3) is 5.46. The standard InChI is InChI=1S/C21H39N3O2/c1-6-8-10-25-15-21(16-26-11-9-7-2)13-17(14-21)24-18(20(3,4)5)12-19(22)23-24/h12,17H,6-11,13-16H2,1-5H3,(H2,22,23). The lowest BCUT2D eigenvalue weighted by molar-refractivity contribution is -0.0919. The zero-order valence-electron chi connectivity index (χ0n) is 17.5. The summed E-state index contributed by atoms with van der Waals surface area (Å²) in [7, 11) is 0. The van der Waals surface area contributed by atoms with E-state index >= 15 is 0 Å². The molecular weight excluding hydrogens is 326 g/mol. The van der Waals surface area contributed by atoms with Crippen LogP contribution in [0.1, 0.15) is 84.9 Å². The molecule has 1 aliphatic carbocycles. The van der Waals surface area contributed by atoms with Crippen molar-refractivity contribution in [2.45, 2.75) is 84.6 Å². The second-order valence-electron chi connectivity index (χ2n) is 9.02. The van der Waals surface area contributed by atoms with Crippen LogP contribution in [-0.2, 0) is 14.9 Å². The van der Waals surface area contributed by atoms with Gasteiger partial charge in [0.25, 0.3) is 0 Å². The maximum Gasteiger partial charge on any atom is 0.145 e.